The number of phenolic OH excluding ortho intramolecular Hbond substituents is 1. The van der Waals surface area contributed by atoms with Crippen LogP contribution >= 0.6 is 11.3 Å². The zero-order valence-electron chi connectivity index (χ0n) is 15.4. The smallest absolute Gasteiger partial charge is 0.134 e. The number of ether oxygens (including phenoxy) is 1. The second-order valence-electron chi connectivity index (χ2n) is 7.52. The first-order chi connectivity index (χ1) is 13.2. The van der Waals surface area contributed by atoms with E-state index in [1.807, 2.05) is 18.2 Å². The Balaban J connectivity index is 1.49. The first-order valence-electron chi connectivity index (χ1n) is 9.65. The van der Waals surface area contributed by atoms with E-state index in [1.165, 1.54) is 40.6 Å². The summed E-state index contributed by atoms with van der Waals surface area (Å²) in [6.45, 7) is 2.96. The molecule has 0 atom stereocenters. The lowest BCUT2D eigenvalue weighted by Gasteiger charge is -2.35. The van der Waals surface area contributed by atoms with Crippen molar-refractivity contribution in [3.8, 4) is 11.5 Å². The van der Waals surface area contributed by atoms with Crippen molar-refractivity contribution in [3.63, 3.8) is 0 Å². The summed E-state index contributed by atoms with van der Waals surface area (Å²) >= 11 is 1.79. The Kier molecular flexibility index (Phi) is 4.09. The average molecular weight is 378 g/mol. The third kappa shape index (κ3) is 3.08. The SMILES string of the molecule is Cc1cc2ccc(OC3=CCN(C4CCCC4)c4cc(O)ccc43)cc2s1. The minimum Gasteiger partial charge on any atom is -0.508 e. The number of hydrogen-bond donors (Lipinski definition) is 1. The summed E-state index contributed by atoms with van der Waals surface area (Å²) < 4.78 is 7.56. The molecule has 0 bridgehead atoms. The van der Waals surface area contributed by atoms with Crippen LogP contribution in [-0.4, -0.2) is 17.7 Å². The highest BCUT2D eigenvalue weighted by atomic mass is 32.1. The summed E-state index contributed by atoms with van der Waals surface area (Å²) in [6.07, 6.45) is 7.23. The van der Waals surface area contributed by atoms with Crippen LogP contribution in [0.15, 0.2) is 48.5 Å². The molecule has 138 valence electrons. The second kappa shape index (κ2) is 6.61. The summed E-state index contributed by atoms with van der Waals surface area (Å²) in [5, 5.41) is 11.3. The topological polar surface area (TPSA) is 32.7 Å². The molecule has 0 unspecified atom stereocenters. The largest absolute Gasteiger partial charge is 0.508 e. The fourth-order valence-corrected chi connectivity index (χ4v) is 5.30. The van der Waals surface area contributed by atoms with Crippen molar-refractivity contribution in [2.75, 3.05) is 11.4 Å². The number of thiophene rings is 1. The number of hydrogen-bond acceptors (Lipinski definition) is 4. The van der Waals surface area contributed by atoms with Gasteiger partial charge >= 0.3 is 0 Å². The molecule has 0 radical (unpaired) electrons. The predicted molar refractivity (Wildman–Crippen MR) is 113 cm³/mol. The molecule has 1 aliphatic carbocycles. The maximum Gasteiger partial charge on any atom is 0.134 e. The summed E-state index contributed by atoms with van der Waals surface area (Å²) in [4.78, 5) is 3.74. The van der Waals surface area contributed by atoms with Gasteiger partial charge in [-0.3, -0.25) is 0 Å². The Hall–Kier alpha value is -2.46. The van der Waals surface area contributed by atoms with Crippen LogP contribution in [0.2, 0.25) is 0 Å². The van der Waals surface area contributed by atoms with Crippen LogP contribution in [0, 0.1) is 6.92 Å². The maximum atomic E-state index is 10.1. The number of aryl methyl sites for hydroxylation is 1. The van der Waals surface area contributed by atoms with Gasteiger partial charge in [-0.2, -0.15) is 0 Å². The van der Waals surface area contributed by atoms with E-state index in [1.54, 1.807) is 17.4 Å². The summed E-state index contributed by atoms with van der Waals surface area (Å²) in [5.41, 5.74) is 2.15. The molecule has 4 heteroatoms. The molecule has 1 aliphatic heterocycles. The quantitative estimate of drug-likeness (QED) is 0.599. The Morgan fingerprint density at radius 3 is 2.78 bits per heavy atom. The number of anilines is 1. The Bertz CT molecular complexity index is 1030. The fourth-order valence-electron chi connectivity index (χ4n) is 4.35. The van der Waals surface area contributed by atoms with Crippen LogP contribution in [0.25, 0.3) is 15.8 Å². The van der Waals surface area contributed by atoms with Crippen molar-refractivity contribution in [1.82, 2.24) is 0 Å². The Labute approximate surface area is 163 Å². The molecular weight excluding hydrogens is 354 g/mol. The van der Waals surface area contributed by atoms with Gasteiger partial charge in [-0.15, -0.1) is 11.3 Å². The summed E-state index contributed by atoms with van der Waals surface area (Å²) in [7, 11) is 0. The van der Waals surface area contributed by atoms with Gasteiger partial charge in [-0.25, -0.2) is 0 Å². The van der Waals surface area contributed by atoms with E-state index in [0.717, 1.165) is 29.3 Å². The van der Waals surface area contributed by atoms with Gasteiger partial charge in [-0.1, -0.05) is 12.8 Å². The molecule has 1 fully saturated rings. The van der Waals surface area contributed by atoms with Crippen LogP contribution in [0.1, 0.15) is 36.1 Å². The number of phenols is 1. The van der Waals surface area contributed by atoms with Crippen molar-refractivity contribution in [2.24, 2.45) is 0 Å². The van der Waals surface area contributed by atoms with E-state index < -0.39 is 0 Å². The monoisotopic (exact) mass is 377 g/mol. The summed E-state index contributed by atoms with van der Waals surface area (Å²) in [6, 6.07) is 14.7. The number of fused-ring (bicyclic) bond motifs is 2. The van der Waals surface area contributed by atoms with Crippen molar-refractivity contribution in [3.05, 3.63) is 59.0 Å². The third-order valence-corrected chi connectivity index (χ3v) is 6.65. The lowest BCUT2D eigenvalue weighted by atomic mass is 10.0. The van der Waals surface area contributed by atoms with E-state index in [-0.39, 0.29) is 0 Å². The molecule has 2 heterocycles. The lowest BCUT2D eigenvalue weighted by Crippen LogP contribution is -2.36. The van der Waals surface area contributed by atoms with Crippen molar-refractivity contribution >= 4 is 32.9 Å². The van der Waals surface area contributed by atoms with Gasteiger partial charge in [0.1, 0.15) is 17.3 Å². The Morgan fingerprint density at radius 2 is 1.93 bits per heavy atom. The van der Waals surface area contributed by atoms with Crippen LogP contribution in [0.3, 0.4) is 0 Å². The van der Waals surface area contributed by atoms with E-state index in [2.05, 4.69) is 36.1 Å². The van der Waals surface area contributed by atoms with Gasteiger partial charge < -0.3 is 14.7 Å². The first-order valence-corrected chi connectivity index (χ1v) is 10.5. The minimum atomic E-state index is 0.313. The van der Waals surface area contributed by atoms with E-state index >= 15 is 0 Å². The van der Waals surface area contributed by atoms with E-state index in [9.17, 15) is 5.11 Å². The lowest BCUT2D eigenvalue weighted by molar-refractivity contribution is 0.473. The van der Waals surface area contributed by atoms with Crippen molar-refractivity contribution < 1.29 is 9.84 Å². The van der Waals surface area contributed by atoms with Gasteiger partial charge in [0.15, 0.2) is 0 Å². The molecule has 3 nitrogen and oxygen atoms in total. The number of benzene rings is 2. The molecule has 3 aromatic rings. The highest BCUT2D eigenvalue weighted by Crippen LogP contribution is 2.39. The summed E-state index contributed by atoms with van der Waals surface area (Å²) in [5.74, 6) is 2.06. The number of rotatable bonds is 3. The van der Waals surface area contributed by atoms with Gasteiger partial charge in [0.25, 0.3) is 0 Å². The first kappa shape index (κ1) is 16.7. The normalized spacial score (nSPS) is 17.2. The standard InChI is InChI=1S/C23H23NO2S/c1-15-12-16-6-8-19(14-23(16)27-15)26-22-10-11-24(17-4-2-3-5-17)21-13-18(25)7-9-20(21)22/h6-10,12-14,17,25H,2-5,11H2,1H3. The van der Waals surface area contributed by atoms with Crippen LogP contribution in [0.5, 0.6) is 11.5 Å². The molecular formula is C23H23NO2S. The molecule has 2 aromatic carbocycles. The van der Waals surface area contributed by atoms with Gasteiger partial charge in [0.2, 0.25) is 0 Å². The van der Waals surface area contributed by atoms with E-state index in [4.69, 9.17) is 4.74 Å². The molecule has 1 aromatic heterocycles. The van der Waals surface area contributed by atoms with Crippen molar-refractivity contribution in [2.45, 2.75) is 38.6 Å². The molecule has 1 N–H and O–H groups in total. The van der Waals surface area contributed by atoms with E-state index in [0.29, 0.717) is 11.8 Å². The molecule has 0 spiro atoms. The molecule has 0 amide bonds. The van der Waals surface area contributed by atoms with Crippen LogP contribution in [-0.2, 0) is 0 Å². The van der Waals surface area contributed by atoms with Gasteiger partial charge in [-0.05, 0) is 67.6 Å². The van der Waals surface area contributed by atoms with Crippen LogP contribution < -0.4 is 9.64 Å². The maximum absolute atomic E-state index is 10.1. The third-order valence-electron chi connectivity index (χ3n) is 5.64. The second-order valence-corrected chi connectivity index (χ2v) is 8.81. The van der Waals surface area contributed by atoms with Gasteiger partial charge in [0.05, 0.1) is 5.69 Å². The average Bonchev–Trinajstić information content (AvgIpc) is 3.30. The Morgan fingerprint density at radius 1 is 1.07 bits per heavy atom. The van der Waals surface area contributed by atoms with Crippen molar-refractivity contribution in [1.29, 1.82) is 0 Å². The molecule has 5 rings (SSSR count). The zero-order chi connectivity index (χ0) is 18.4. The minimum absolute atomic E-state index is 0.313. The zero-order valence-corrected chi connectivity index (χ0v) is 16.3. The van der Waals surface area contributed by atoms with Gasteiger partial charge in [0, 0.05) is 33.8 Å². The fraction of sp³-hybridized carbons (Fsp3) is 0.304. The highest BCUT2D eigenvalue weighted by molar-refractivity contribution is 7.19. The van der Waals surface area contributed by atoms with Crippen LogP contribution in [0.4, 0.5) is 5.69 Å². The predicted octanol–water partition coefficient (Wildman–Crippen LogP) is 6.10. The number of aromatic hydroxyl groups is 1. The molecule has 27 heavy (non-hydrogen) atoms. The molecule has 2 aliphatic rings. The highest BCUT2D eigenvalue weighted by Gasteiger charge is 2.28. The molecule has 1 saturated carbocycles. The molecule has 0 saturated heterocycles. The number of nitrogens with zero attached hydrogens (tertiary/aromatic N) is 1.